The van der Waals surface area contributed by atoms with Gasteiger partial charge in [-0.25, -0.2) is 14.6 Å². The molecule has 2 N–H and O–H groups in total. The number of ether oxygens (including phenoxy) is 2. The zero-order chi connectivity index (χ0) is 22.2. The average Bonchev–Trinajstić information content (AvgIpc) is 3.18. The number of hydrogen-bond acceptors (Lipinski definition) is 7. The van der Waals surface area contributed by atoms with Crippen LogP contribution in [0, 0.1) is 6.92 Å². The summed E-state index contributed by atoms with van der Waals surface area (Å²) < 4.78 is 10.9. The number of hydrogen-bond donors (Lipinski definition) is 2. The van der Waals surface area contributed by atoms with E-state index in [2.05, 4.69) is 15.6 Å². The number of carbonyl (C=O) groups is 3. The summed E-state index contributed by atoms with van der Waals surface area (Å²) in [6, 6.07) is 6.02. The van der Waals surface area contributed by atoms with Gasteiger partial charge in [0.2, 0.25) is 0 Å². The lowest BCUT2D eigenvalue weighted by Gasteiger charge is -2.23. The van der Waals surface area contributed by atoms with Gasteiger partial charge in [-0.2, -0.15) is 0 Å². The predicted octanol–water partition coefficient (Wildman–Crippen LogP) is 3.73. The van der Waals surface area contributed by atoms with Crippen molar-refractivity contribution in [3.8, 4) is 5.75 Å². The van der Waals surface area contributed by atoms with E-state index in [1.807, 2.05) is 12.3 Å². The molecule has 2 aromatic rings. The molecule has 8 nitrogen and oxygen atoms in total. The van der Waals surface area contributed by atoms with E-state index in [-0.39, 0.29) is 18.2 Å². The molecule has 166 valence electrons. The number of carbonyl (C=O) groups excluding carboxylic acids is 3. The Morgan fingerprint density at radius 3 is 2.71 bits per heavy atom. The molecule has 1 fully saturated rings. The van der Waals surface area contributed by atoms with E-state index in [0.717, 1.165) is 36.4 Å². The lowest BCUT2D eigenvalue weighted by atomic mass is 9.96. The maximum atomic E-state index is 12.4. The fourth-order valence-corrected chi connectivity index (χ4v) is 3.91. The van der Waals surface area contributed by atoms with Gasteiger partial charge in [-0.3, -0.25) is 10.1 Å². The van der Waals surface area contributed by atoms with Gasteiger partial charge in [0.15, 0.2) is 6.10 Å². The van der Waals surface area contributed by atoms with E-state index in [0.29, 0.717) is 5.75 Å². The summed E-state index contributed by atoms with van der Waals surface area (Å²) in [6.45, 7) is 3.63. The number of rotatable bonds is 7. The van der Waals surface area contributed by atoms with Gasteiger partial charge in [-0.15, -0.1) is 11.3 Å². The first-order chi connectivity index (χ1) is 14.9. The summed E-state index contributed by atoms with van der Waals surface area (Å²) in [5, 5.41) is 7.90. The molecule has 1 atom stereocenters. The minimum atomic E-state index is -1.12. The highest BCUT2D eigenvalue weighted by molar-refractivity contribution is 7.09. The van der Waals surface area contributed by atoms with Gasteiger partial charge in [0, 0.05) is 11.4 Å². The number of nitrogens with one attached hydrogen (secondary N) is 2. The van der Waals surface area contributed by atoms with Crippen LogP contribution in [0.25, 0.3) is 0 Å². The van der Waals surface area contributed by atoms with E-state index < -0.39 is 24.0 Å². The molecule has 3 amide bonds. The Morgan fingerprint density at radius 1 is 1.23 bits per heavy atom. The van der Waals surface area contributed by atoms with Crippen LogP contribution in [0.2, 0.25) is 0 Å². The first kappa shape index (κ1) is 22.7. The molecule has 1 aliphatic rings. The first-order valence-corrected chi connectivity index (χ1v) is 11.2. The number of benzene rings is 1. The van der Waals surface area contributed by atoms with E-state index in [1.165, 1.54) is 24.7 Å². The van der Waals surface area contributed by atoms with Gasteiger partial charge in [0.05, 0.1) is 16.3 Å². The van der Waals surface area contributed by atoms with Crippen molar-refractivity contribution in [2.45, 2.75) is 64.7 Å². The number of thiazole rings is 1. The monoisotopic (exact) mass is 445 g/mol. The molecule has 0 saturated heterocycles. The summed E-state index contributed by atoms with van der Waals surface area (Å²) in [6.07, 6.45) is 4.01. The van der Waals surface area contributed by atoms with Crippen molar-refractivity contribution in [1.82, 2.24) is 15.6 Å². The molecule has 1 saturated carbocycles. The SMILES string of the molecule is Cc1nc(COc2cccc(C(=O)OC(C)C(=O)NC(=O)NC3CCCCC3)c2)cs1. The summed E-state index contributed by atoms with van der Waals surface area (Å²) >= 11 is 1.54. The Kier molecular flexibility index (Phi) is 8.00. The second-order valence-corrected chi connectivity index (χ2v) is 8.58. The highest BCUT2D eigenvalue weighted by Crippen LogP contribution is 2.18. The van der Waals surface area contributed by atoms with Crippen LogP contribution in [-0.2, 0) is 16.1 Å². The molecule has 1 aromatic heterocycles. The number of amides is 3. The summed E-state index contributed by atoms with van der Waals surface area (Å²) in [4.78, 5) is 41.0. The van der Waals surface area contributed by atoms with Gasteiger partial charge in [-0.05, 0) is 44.9 Å². The van der Waals surface area contributed by atoms with Crippen molar-refractivity contribution < 1.29 is 23.9 Å². The Labute approximate surface area is 185 Å². The molecular weight excluding hydrogens is 418 g/mol. The molecule has 31 heavy (non-hydrogen) atoms. The number of aryl methyl sites for hydroxylation is 1. The minimum absolute atomic E-state index is 0.0790. The Balaban J connectivity index is 1.48. The van der Waals surface area contributed by atoms with Crippen LogP contribution in [0.15, 0.2) is 29.6 Å². The molecule has 0 aliphatic heterocycles. The van der Waals surface area contributed by atoms with Crippen molar-refractivity contribution in [3.63, 3.8) is 0 Å². The van der Waals surface area contributed by atoms with Crippen LogP contribution < -0.4 is 15.4 Å². The van der Waals surface area contributed by atoms with Crippen molar-refractivity contribution in [1.29, 1.82) is 0 Å². The highest BCUT2D eigenvalue weighted by Gasteiger charge is 2.23. The molecule has 3 rings (SSSR count). The number of aromatic nitrogens is 1. The minimum Gasteiger partial charge on any atom is -0.487 e. The lowest BCUT2D eigenvalue weighted by Crippen LogP contribution is -2.48. The second-order valence-electron chi connectivity index (χ2n) is 7.52. The van der Waals surface area contributed by atoms with Gasteiger partial charge < -0.3 is 14.8 Å². The quantitative estimate of drug-likeness (QED) is 0.629. The molecule has 1 aliphatic carbocycles. The molecular formula is C22H27N3O5S. The summed E-state index contributed by atoms with van der Waals surface area (Å²) in [7, 11) is 0. The van der Waals surface area contributed by atoms with Crippen LogP contribution in [0.5, 0.6) is 5.75 Å². The van der Waals surface area contributed by atoms with Crippen LogP contribution in [0.3, 0.4) is 0 Å². The van der Waals surface area contributed by atoms with Gasteiger partial charge in [0.1, 0.15) is 12.4 Å². The van der Waals surface area contributed by atoms with E-state index >= 15 is 0 Å². The molecule has 1 aromatic carbocycles. The number of imide groups is 1. The van der Waals surface area contributed by atoms with Crippen molar-refractivity contribution in [2.24, 2.45) is 0 Å². The maximum Gasteiger partial charge on any atom is 0.339 e. The van der Waals surface area contributed by atoms with E-state index in [1.54, 1.807) is 24.3 Å². The maximum absolute atomic E-state index is 12.4. The standard InChI is InChI=1S/C22H27N3O5S/c1-14(20(26)25-22(28)24-17-8-4-3-5-9-17)30-21(27)16-7-6-10-19(11-16)29-12-18-13-31-15(2)23-18/h6-7,10-11,13-14,17H,3-5,8-9,12H2,1-2H3,(H2,24,25,26,28). The third-order valence-corrected chi connectivity index (χ3v) is 5.78. The third kappa shape index (κ3) is 7.06. The van der Waals surface area contributed by atoms with Gasteiger partial charge >= 0.3 is 12.0 Å². The van der Waals surface area contributed by atoms with Gasteiger partial charge in [-0.1, -0.05) is 25.3 Å². The van der Waals surface area contributed by atoms with Crippen LogP contribution in [0.1, 0.15) is 60.1 Å². The smallest absolute Gasteiger partial charge is 0.339 e. The first-order valence-electron chi connectivity index (χ1n) is 10.4. The van der Waals surface area contributed by atoms with Gasteiger partial charge in [0.25, 0.3) is 5.91 Å². The number of esters is 1. The van der Waals surface area contributed by atoms with Crippen LogP contribution >= 0.6 is 11.3 Å². The Hall–Kier alpha value is -2.94. The predicted molar refractivity (Wildman–Crippen MR) is 116 cm³/mol. The Bertz CT molecular complexity index is 923. The molecule has 1 heterocycles. The largest absolute Gasteiger partial charge is 0.487 e. The topological polar surface area (TPSA) is 107 Å². The fraction of sp³-hybridized carbons (Fsp3) is 0.455. The average molecular weight is 446 g/mol. The third-order valence-electron chi connectivity index (χ3n) is 4.95. The zero-order valence-electron chi connectivity index (χ0n) is 17.7. The molecule has 1 unspecified atom stereocenters. The van der Waals surface area contributed by atoms with Crippen molar-refractivity contribution in [2.75, 3.05) is 0 Å². The second kappa shape index (κ2) is 10.9. The van der Waals surface area contributed by atoms with E-state index in [9.17, 15) is 14.4 Å². The summed E-state index contributed by atoms with van der Waals surface area (Å²) in [5.41, 5.74) is 1.06. The molecule has 0 spiro atoms. The Morgan fingerprint density at radius 2 is 2.00 bits per heavy atom. The fourth-order valence-electron chi connectivity index (χ4n) is 3.31. The van der Waals surface area contributed by atoms with Crippen LogP contribution in [0.4, 0.5) is 4.79 Å². The number of urea groups is 1. The molecule has 9 heteroatoms. The number of nitrogens with zero attached hydrogens (tertiary/aromatic N) is 1. The van der Waals surface area contributed by atoms with Crippen molar-refractivity contribution >= 4 is 29.2 Å². The van der Waals surface area contributed by atoms with E-state index in [4.69, 9.17) is 9.47 Å². The molecule has 0 bridgehead atoms. The zero-order valence-corrected chi connectivity index (χ0v) is 18.5. The van der Waals surface area contributed by atoms with Crippen molar-refractivity contribution in [3.05, 3.63) is 45.9 Å². The highest BCUT2D eigenvalue weighted by atomic mass is 32.1. The normalized spacial score (nSPS) is 15.0. The summed E-state index contributed by atoms with van der Waals surface area (Å²) in [5.74, 6) is -0.859. The molecule has 0 radical (unpaired) electrons. The van der Waals surface area contributed by atoms with Crippen LogP contribution in [-0.4, -0.2) is 35.0 Å². The lowest BCUT2D eigenvalue weighted by molar-refractivity contribution is -0.127.